The fourth-order valence-electron chi connectivity index (χ4n) is 1.94. The van der Waals surface area contributed by atoms with E-state index >= 15 is 0 Å². The van der Waals surface area contributed by atoms with Gasteiger partial charge in [-0.25, -0.2) is 0 Å². The van der Waals surface area contributed by atoms with Gasteiger partial charge in [-0.2, -0.15) is 0 Å². The van der Waals surface area contributed by atoms with Crippen LogP contribution in [-0.2, 0) is 0 Å². The first kappa shape index (κ1) is 16.2. The standard InChI is InChI=1S/C16H10Cl2N2O4/c17-9-3-4-10(11(18)8-9)12-5-6-14(24-12)16(22)20-19-15(21)13-2-1-7-23-13/h1-8H,(H,19,21)(H,20,22). The molecule has 1 aromatic carbocycles. The van der Waals surface area contributed by atoms with Gasteiger partial charge in [-0.05, 0) is 42.5 Å². The molecule has 0 saturated heterocycles. The summed E-state index contributed by atoms with van der Waals surface area (Å²) < 4.78 is 10.4. The first-order chi connectivity index (χ1) is 11.5. The molecule has 2 heterocycles. The van der Waals surface area contributed by atoms with Gasteiger partial charge in [0.1, 0.15) is 5.76 Å². The van der Waals surface area contributed by atoms with Gasteiger partial charge in [0.15, 0.2) is 11.5 Å². The molecule has 2 aromatic heterocycles. The van der Waals surface area contributed by atoms with E-state index in [4.69, 9.17) is 32.0 Å². The van der Waals surface area contributed by atoms with Gasteiger partial charge in [0.25, 0.3) is 0 Å². The van der Waals surface area contributed by atoms with Gasteiger partial charge in [0, 0.05) is 10.6 Å². The van der Waals surface area contributed by atoms with Gasteiger partial charge >= 0.3 is 11.8 Å². The minimum Gasteiger partial charge on any atom is -0.459 e. The van der Waals surface area contributed by atoms with Crippen molar-refractivity contribution in [2.75, 3.05) is 0 Å². The van der Waals surface area contributed by atoms with E-state index in [0.29, 0.717) is 21.4 Å². The average molecular weight is 365 g/mol. The van der Waals surface area contributed by atoms with Crippen LogP contribution in [0, 0.1) is 0 Å². The fraction of sp³-hybridized carbons (Fsp3) is 0. The molecular formula is C16H10Cl2N2O4. The molecule has 6 nitrogen and oxygen atoms in total. The normalized spacial score (nSPS) is 10.4. The van der Waals surface area contributed by atoms with Gasteiger partial charge in [-0.15, -0.1) is 0 Å². The monoisotopic (exact) mass is 364 g/mol. The molecule has 0 aliphatic carbocycles. The maximum Gasteiger partial charge on any atom is 0.305 e. The number of carbonyl (C=O) groups is 2. The number of hydrogen-bond acceptors (Lipinski definition) is 4. The molecule has 2 N–H and O–H groups in total. The lowest BCUT2D eigenvalue weighted by molar-refractivity contribution is 0.0817. The highest BCUT2D eigenvalue weighted by Gasteiger charge is 2.16. The van der Waals surface area contributed by atoms with E-state index in [1.807, 2.05) is 0 Å². The summed E-state index contributed by atoms with van der Waals surface area (Å²) in [4.78, 5) is 23.7. The molecule has 0 aliphatic rings. The van der Waals surface area contributed by atoms with Crippen LogP contribution in [0.15, 0.2) is 57.6 Å². The zero-order valence-electron chi connectivity index (χ0n) is 12.0. The largest absolute Gasteiger partial charge is 0.459 e. The Morgan fingerprint density at radius 1 is 0.917 bits per heavy atom. The Kier molecular flexibility index (Phi) is 4.59. The number of carbonyl (C=O) groups excluding carboxylic acids is 2. The van der Waals surface area contributed by atoms with Crippen LogP contribution in [0.4, 0.5) is 0 Å². The summed E-state index contributed by atoms with van der Waals surface area (Å²) in [6, 6.07) is 11.0. The van der Waals surface area contributed by atoms with Crippen molar-refractivity contribution in [3.05, 3.63) is 70.3 Å². The van der Waals surface area contributed by atoms with Crippen molar-refractivity contribution < 1.29 is 18.4 Å². The van der Waals surface area contributed by atoms with Crippen LogP contribution in [0.3, 0.4) is 0 Å². The van der Waals surface area contributed by atoms with Crippen molar-refractivity contribution in [1.82, 2.24) is 10.9 Å². The summed E-state index contributed by atoms with van der Waals surface area (Å²) >= 11 is 11.9. The first-order valence-electron chi connectivity index (χ1n) is 6.74. The SMILES string of the molecule is O=C(NNC(=O)c1ccc(-c2ccc(Cl)cc2Cl)o1)c1ccco1. The molecule has 24 heavy (non-hydrogen) atoms. The Labute approximate surface area is 146 Å². The van der Waals surface area contributed by atoms with Crippen LogP contribution in [0.1, 0.15) is 21.1 Å². The van der Waals surface area contributed by atoms with E-state index in [9.17, 15) is 9.59 Å². The molecule has 3 aromatic rings. The second-order valence-corrected chi connectivity index (χ2v) is 5.52. The zero-order valence-corrected chi connectivity index (χ0v) is 13.5. The number of nitrogens with one attached hydrogen (secondary N) is 2. The molecule has 0 saturated carbocycles. The number of hydrazine groups is 1. The van der Waals surface area contributed by atoms with Gasteiger partial charge in [-0.3, -0.25) is 20.4 Å². The Morgan fingerprint density at radius 3 is 2.33 bits per heavy atom. The zero-order chi connectivity index (χ0) is 17.1. The predicted octanol–water partition coefficient (Wildman–Crippen LogP) is 3.92. The van der Waals surface area contributed by atoms with E-state index < -0.39 is 11.8 Å². The highest BCUT2D eigenvalue weighted by atomic mass is 35.5. The molecule has 8 heteroatoms. The van der Waals surface area contributed by atoms with Crippen molar-refractivity contribution in [3.63, 3.8) is 0 Å². The number of furan rings is 2. The van der Waals surface area contributed by atoms with Crippen LogP contribution in [-0.4, -0.2) is 11.8 Å². The lowest BCUT2D eigenvalue weighted by Crippen LogP contribution is -2.41. The summed E-state index contributed by atoms with van der Waals surface area (Å²) in [7, 11) is 0. The second-order valence-electron chi connectivity index (χ2n) is 4.67. The van der Waals surface area contributed by atoms with Crippen LogP contribution in [0.25, 0.3) is 11.3 Å². The number of benzene rings is 1. The molecule has 0 spiro atoms. The van der Waals surface area contributed by atoms with Crippen LogP contribution in [0.2, 0.25) is 10.0 Å². The number of halogens is 2. The molecule has 0 unspecified atom stereocenters. The van der Waals surface area contributed by atoms with E-state index in [1.54, 1.807) is 30.3 Å². The molecule has 122 valence electrons. The number of amides is 2. The van der Waals surface area contributed by atoms with Gasteiger partial charge in [0.05, 0.1) is 11.3 Å². The van der Waals surface area contributed by atoms with Crippen molar-refractivity contribution in [1.29, 1.82) is 0 Å². The molecule has 2 amide bonds. The Hall–Kier alpha value is -2.70. The molecular weight excluding hydrogens is 355 g/mol. The lowest BCUT2D eigenvalue weighted by Gasteiger charge is -2.04. The maximum absolute atomic E-state index is 12.0. The maximum atomic E-state index is 12.0. The fourth-order valence-corrected chi connectivity index (χ4v) is 2.44. The predicted molar refractivity (Wildman–Crippen MR) is 87.8 cm³/mol. The second kappa shape index (κ2) is 6.82. The smallest absolute Gasteiger partial charge is 0.305 e. The van der Waals surface area contributed by atoms with Gasteiger partial charge in [0.2, 0.25) is 0 Å². The molecule has 0 atom stereocenters. The summed E-state index contributed by atoms with van der Waals surface area (Å²) in [6.07, 6.45) is 1.35. The highest BCUT2D eigenvalue weighted by molar-refractivity contribution is 6.36. The van der Waals surface area contributed by atoms with E-state index in [0.717, 1.165) is 0 Å². The molecule has 3 rings (SSSR count). The topological polar surface area (TPSA) is 84.5 Å². The Morgan fingerprint density at radius 2 is 1.67 bits per heavy atom. The first-order valence-corrected chi connectivity index (χ1v) is 7.49. The Balaban J connectivity index is 1.68. The summed E-state index contributed by atoms with van der Waals surface area (Å²) in [6.45, 7) is 0. The Bertz CT molecular complexity index is 887. The van der Waals surface area contributed by atoms with Gasteiger partial charge in [-0.1, -0.05) is 23.2 Å². The summed E-state index contributed by atoms with van der Waals surface area (Å²) in [5.41, 5.74) is 5.04. The van der Waals surface area contributed by atoms with Crippen molar-refractivity contribution >= 4 is 35.0 Å². The van der Waals surface area contributed by atoms with Crippen molar-refractivity contribution in [2.45, 2.75) is 0 Å². The van der Waals surface area contributed by atoms with E-state index in [-0.39, 0.29) is 11.5 Å². The molecule has 0 radical (unpaired) electrons. The van der Waals surface area contributed by atoms with Gasteiger partial charge < -0.3 is 8.83 Å². The minimum absolute atomic E-state index is 0.00996. The quantitative estimate of drug-likeness (QED) is 0.689. The number of hydrogen-bond donors (Lipinski definition) is 2. The average Bonchev–Trinajstić information content (AvgIpc) is 3.23. The lowest BCUT2D eigenvalue weighted by atomic mass is 10.2. The van der Waals surface area contributed by atoms with Crippen LogP contribution >= 0.6 is 23.2 Å². The van der Waals surface area contributed by atoms with Crippen molar-refractivity contribution in [3.8, 4) is 11.3 Å². The summed E-state index contributed by atoms with van der Waals surface area (Å²) in [5, 5.41) is 0.892. The minimum atomic E-state index is -0.619. The van der Waals surface area contributed by atoms with Crippen LogP contribution in [0.5, 0.6) is 0 Å². The molecule has 0 fully saturated rings. The third-order valence-electron chi connectivity index (χ3n) is 3.06. The third-order valence-corrected chi connectivity index (χ3v) is 3.61. The molecule has 0 bridgehead atoms. The van der Waals surface area contributed by atoms with Crippen molar-refractivity contribution in [2.24, 2.45) is 0 Å². The third kappa shape index (κ3) is 3.45. The van der Waals surface area contributed by atoms with E-state index in [1.165, 1.54) is 18.4 Å². The van der Waals surface area contributed by atoms with Crippen LogP contribution < -0.4 is 10.9 Å². The summed E-state index contributed by atoms with van der Waals surface area (Å²) in [5.74, 6) is -0.717. The molecule has 0 aliphatic heterocycles. The number of rotatable bonds is 3. The van der Waals surface area contributed by atoms with E-state index in [2.05, 4.69) is 10.9 Å². The highest BCUT2D eigenvalue weighted by Crippen LogP contribution is 2.31.